The molecule has 1 aromatic heterocycles. The van der Waals surface area contributed by atoms with Crippen molar-refractivity contribution in [3.8, 4) is 0 Å². The van der Waals surface area contributed by atoms with Gasteiger partial charge in [0.15, 0.2) is 0 Å². The monoisotopic (exact) mass is 323 g/mol. The van der Waals surface area contributed by atoms with Crippen molar-refractivity contribution in [3.05, 3.63) is 47.5 Å². The van der Waals surface area contributed by atoms with Crippen molar-refractivity contribution in [1.82, 2.24) is 9.88 Å². The van der Waals surface area contributed by atoms with Crippen LogP contribution in [-0.4, -0.2) is 49.3 Å². The fraction of sp³-hybridized carbons (Fsp3) is 0.450. The van der Waals surface area contributed by atoms with Gasteiger partial charge in [0.1, 0.15) is 5.82 Å². The van der Waals surface area contributed by atoms with Crippen molar-refractivity contribution in [2.45, 2.75) is 19.9 Å². The van der Waals surface area contributed by atoms with Crippen LogP contribution < -0.4 is 4.90 Å². The van der Waals surface area contributed by atoms with Crippen molar-refractivity contribution in [1.29, 1.82) is 0 Å². The second-order valence-electron chi connectivity index (χ2n) is 6.80. The molecule has 0 spiro atoms. The summed E-state index contributed by atoms with van der Waals surface area (Å²) in [5, 5.41) is 1.23. The number of morpholine rings is 1. The van der Waals surface area contributed by atoms with Crippen molar-refractivity contribution >= 4 is 16.7 Å². The molecule has 0 unspecified atom stereocenters. The van der Waals surface area contributed by atoms with E-state index in [4.69, 9.17) is 9.72 Å². The number of hydrogen-bond acceptors (Lipinski definition) is 4. The van der Waals surface area contributed by atoms with Crippen LogP contribution in [0.3, 0.4) is 0 Å². The van der Waals surface area contributed by atoms with E-state index >= 15 is 0 Å². The Kier molecular flexibility index (Phi) is 4.50. The Bertz CT molecular complexity index is 750. The summed E-state index contributed by atoms with van der Waals surface area (Å²) in [4.78, 5) is 9.91. The van der Waals surface area contributed by atoms with E-state index in [2.05, 4.69) is 53.1 Å². The van der Waals surface area contributed by atoms with Gasteiger partial charge in [-0.25, -0.2) is 4.98 Å². The van der Waals surface area contributed by atoms with Crippen LogP contribution in [-0.2, 0) is 11.3 Å². The molecule has 1 saturated heterocycles. The summed E-state index contributed by atoms with van der Waals surface area (Å²) in [7, 11) is 0. The van der Waals surface area contributed by atoms with Gasteiger partial charge in [-0.2, -0.15) is 0 Å². The van der Waals surface area contributed by atoms with Gasteiger partial charge in [0.2, 0.25) is 0 Å². The van der Waals surface area contributed by atoms with Gasteiger partial charge < -0.3 is 9.64 Å². The van der Waals surface area contributed by atoms with E-state index in [-0.39, 0.29) is 0 Å². The molecule has 0 atom stereocenters. The number of aromatic nitrogens is 1. The molecular formula is C20H25N3O. The Morgan fingerprint density at radius 1 is 1.12 bits per heavy atom. The summed E-state index contributed by atoms with van der Waals surface area (Å²) in [6, 6.07) is 10.8. The number of benzene rings is 1. The second kappa shape index (κ2) is 6.91. The highest BCUT2D eigenvalue weighted by molar-refractivity contribution is 5.81. The van der Waals surface area contributed by atoms with Crippen LogP contribution in [0, 0.1) is 0 Å². The summed E-state index contributed by atoms with van der Waals surface area (Å²) in [5.74, 6) is 1.14. The van der Waals surface area contributed by atoms with Gasteiger partial charge in [-0.05, 0) is 25.5 Å². The first-order valence-corrected chi connectivity index (χ1v) is 8.89. The van der Waals surface area contributed by atoms with Crippen LogP contribution >= 0.6 is 0 Å². The van der Waals surface area contributed by atoms with Gasteiger partial charge in [-0.3, -0.25) is 4.90 Å². The zero-order valence-electron chi connectivity index (χ0n) is 14.4. The average Bonchev–Trinajstić information content (AvgIpc) is 2.64. The third-order valence-electron chi connectivity index (χ3n) is 5.00. The number of nitrogens with zero attached hydrogens (tertiary/aromatic N) is 3. The normalized spacial score (nSPS) is 19.5. The van der Waals surface area contributed by atoms with Crippen LogP contribution in [0.15, 0.2) is 42.0 Å². The lowest BCUT2D eigenvalue weighted by Crippen LogP contribution is -2.38. The standard InChI is InChI=1S/C20H25N3O/c1-16-6-8-22(9-7-16)15-18-14-17-4-2-3-5-19(17)21-20(18)23-10-12-24-13-11-23/h2-6,14H,7-13,15H2,1H3. The van der Waals surface area contributed by atoms with Crippen molar-refractivity contribution in [2.75, 3.05) is 44.3 Å². The fourth-order valence-electron chi connectivity index (χ4n) is 3.51. The average molecular weight is 323 g/mol. The Morgan fingerprint density at radius 3 is 2.75 bits per heavy atom. The molecule has 0 aliphatic carbocycles. The van der Waals surface area contributed by atoms with Gasteiger partial charge in [0, 0.05) is 43.7 Å². The SMILES string of the molecule is CC1=CCN(Cc2cc3ccccc3nc2N2CCOCC2)CC1. The molecule has 3 heterocycles. The molecule has 2 aromatic rings. The van der Waals surface area contributed by atoms with Gasteiger partial charge in [0.05, 0.1) is 18.7 Å². The number of anilines is 1. The fourth-order valence-corrected chi connectivity index (χ4v) is 3.51. The van der Waals surface area contributed by atoms with Gasteiger partial charge in [0.25, 0.3) is 0 Å². The molecule has 4 rings (SSSR count). The van der Waals surface area contributed by atoms with Crippen LogP contribution in [0.2, 0.25) is 0 Å². The number of rotatable bonds is 3. The van der Waals surface area contributed by atoms with Crippen LogP contribution in [0.25, 0.3) is 10.9 Å². The first-order chi connectivity index (χ1) is 11.8. The van der Waals surface area contributed by atoms with Crippen molar-refractivity contribution in [3.63, 3.8) is 0 Å². The predicted octanol–water partition coefficient (Wildman–Crippen LogP) is 3.22. The molecule has 126 valence electrons. The molecule has 0 N–H and O–H groups in total. The lowest BCUT2D eigenvalue weighted by atomic mass is 10.1. The van der Waals surface area contributed by atoms with E-state index in [1.54, 1.807) is 0 Å². The molecule has 1 fully saturated rings. The quantitative estimate of drug-likeness (QED) is 0.811. The lowest BCUT2D eigenvalue weighted by molar-refractivity contribution is 0.122. The topological polar surface area (TPSA) is 28.6 Å². The molecule has 2 aliphatic rings. The predicted molar refractivity (Wildman–Crippen MR) is 98.4 cm³/mol. The number of para-hydroxylation sites is 1. The van der Waals surface area contributed by atoms with Gasteiger partial charge in [-0.15, -0.1) is 0 Å². The largest absolute Gasteiger partial charge is 0.378 e. The highest BCUT2D eigenvalue weighted by Gasteiger charge is 2.19. The molecule has 4 heteroatoms. The molecule has 4 nitrogen and oxygen atoms in total. The maximum absolute atomic E-state index is 5.52. The molecule has 0 saturated carbocycles. The number of pyridine rings is 1. The van der Waals surface area contributed by atoms with E-state index in [9.17, 15) is 0 Å². The van der Waals surface area contributed by atoms with E-state index in [0.29, 0.717) is 0 Å². The second-order valence-corrected chi connectivity index (χ2v) is 6.80. The molecule has 2 aliphatic heterocycles. The summed E-state index contributed by atoms with van der Waals surface area (Å²) < 4.78 is 5.52. The molecule has 0 amide bonds. The van der Waals surface area contributed by atoms with Crippen molar-refractivity contribution in [2.24, 2.45) is 0 Å². The Labute approximate surface area is 143 Å². The highest BCUT2D eigenvalue weighted by Crippen LogP contribution is 2.26. The summed E-state index contributed by atoms with van der Waals surface area (Å²) >= 11 is 0. The zero-order valence-corrected chi connectivity index (χ0v) is 14.4. The first-order valence-electron chi connectivity index (χ1n) is 8.89. The van der Waals surface area contributed by atoms with Gasteiger partial charge in [-0.1, -0.05) is 29.8 Å². The Hall–Kier alpha value is -1.91. The molecule has 0 bridgehead atoms. The van der Waals surface area contributed by atoms with E-state index in [1.165, 1.54) is 22.9 Å². The minimum absolute atomic E-state index is 0.791. The summed E-state index contributed by atoms with van der Waals surface area (Å²) in [5.41, 5.74) is 3.93. The minimum atomic E-state index is 0.791. The molecular weight excluding hydrogens is 298 g/mol. The molecule has 1 aromatic carbocycles. The maximum Gasteiger partial charge on any atom is 0.133 e. The maximum atomic E-state index is 5.52. The summed E-state index contributed by atoms with van der Waals surface area (Å²) in [6.07, 6.45) is 3.53. The Balaban J connectivity index is 1.68. The van der Waals surface area contributed by atoms with Gasteiger partial charge >= 0.3 is 0 Å². The van der Waals surface area contributed by atoms with E-state index in [0.717, 1.165) is 57.3 Å². The third-order valence-corrected chi connectivity index (χ3v) is 5.00. The number of fused-ring (bicyclic) bond motifs is 1. The van der Waals surface area contributed by atoms with Crippen LogP contribution in [0.4, 0.5) is 5.82 Å². The minimum Gasteiger partial charge on any atom is -0.378 e. The van der Waals surface area contributed by atoms with E-state index < -0.39 is 0 Å². The van der Waals surface area contributed by atoms with Crippen LogP contribution in [0.5, 0.6) is 0 Å². The molecule has 0 radical (unpaired) electrons. The van der Waals surface area contributed by atoms with Crippen LogP contribution in [0.1, 0.15) is 18.9 Å². The highest BCUT2D eigenvalue weighted by atomic mass is 16.5. The van der Waals surface area contributed by atoms with Crippen molar-refractivity contribution < 1.29 is 4.74 Å². The molecule has 24 heavy (non-hydrogen) atoms. The third kappa shape index (κ3) is 3.30. The lowest BCUT2D eigenvalue weighted by Gasteiger charge is -2.32. The first kappa shape index (κ1) is 15.6. The van der Waals surface area contributed by atoms with E-state index in [1.807, 2.05) is 0 Å². The number of hydrogen-bond donors (Lipinski definition) is 0. The summed E-state index contributed by atoms with van der Waals surface area (Å²) in [6.45, 7) is 8.81. The zero-order chi connectivity index (χ0) is 16.4. The number of ether oxygens (including phenoxy) is 1. The smallest absolute Gasteiger partial charge is 0.133 e. The Morgan fingerprint density at radius 2 is 1.96 bits per heavy atom.